The van der Waals surface area contributed by atoms with Crippen molar-refractivity contribution in [3.8, 4) is 5.75 Å². The largest absolute Gasteiger partial charge is 0.496 e. The van der Waals surface area contributed by atoms with E-state index in [0.29, 0.717) is 24.2 Å². The molecule has 2 atom stereocenters. The van der Waals surface area contributed by atoms with Gasteiger partial charge in [-0.3, -0.25) is 24.1 Å². The Labute approximate surface area is 156 Å². The lowest BCUT2D eigenvalue weighted by atomic mass is 9.85. The van der Waals surface area contributed by atoms with Crippen molar-refractivity contribution in [3.05, 3.63) is 42.0 Å². The molecule has 2 aliphatic rings. The number of allylic oxidation sites excluding steroid dienone is 2. The highest BCUT2D eigenvalue weighted by Gasteiger charge is 2.46. The normalized spacial score (nSPS) is 21.1. The van der Waals surface area contributed by atoms with E-state index in [-0.39, 0.29) is 42.4 Å². The van der Waals surface area contributed by atoms with Gasteiger partial charge in [0.25, 0.3) is 0 Å². The first kappa shape index (κ1) is 18.8. The van der Waals surface area contributed by atoms with Gasteiger partial charge in [-0.05, 0) is 25.0 Å². The van der Waals surface area contributed by atoms with Crippen LogP contribution in [-0.4, -0.2) is 48.7 Å². The monoisotopic (exact) mass is 371 g/mol. The van der Waals surface area contributed by atoms with Crippen LogP contribution in [0.5, 0.6) is 5.75 Å². The van der Waals surface area contributed by atoms with E-state index in [4.69, 9.17) is 9.47 Å². The number of imide groups is 1. The van der Waals surface area contributed by atoms with Crippen LogP contribution in [-0.2, 0) is 19.1 Å². The average molecular weight is 371 g/mol. The first-order valence-corrected chi connectivity index (χ1v) is 8.85. The summed E-state index contributed by atoms with van der Waals surface area (Å²) in [5, 5.41) is 0. The van der Waals surface area contributed by atoms with Crippen LogP contribution in [0.15, 0.2) is 36.4 Å². The lowest BCUT2D eigenvalue weighted by Gasteiger charge is -2.14. The molecule has 7 heteroatoms. The standard InChI is InChI=1S/C20H21NO6/c1-26-17-9-5-4-8-15(17)16(22)12-27-18(23)10-11-21-19(24)13-6-2-3-7-14(13)20(21)25/h2-5,8-9,13-14H,6-7,10-12H2,1H3/t13-,14-/m1/s1. The minimum absolute atomic E-state index is 0.0215. The highest BCUT2D eigenvalue weighted by molar-refractivity contribution is 6.05. The average Bonchev–Trinajstić information content (AvgIpc) is 2.95. The zero-order valence-electron chi connectivity index (χ0n) is 15.1. The summed E-state index contributed by atoms with van der Waals surface area (Å²) in [4.78, 5) is 49.9. The van der Waals surface area contributed by atoms with Crippen molar-refractivity contribution in [1.29, 1.82) is 0 Å². The topological polar surface area (TPSA) is 90.0 Å². The second kappa shape index (κ2) is 8.16. The number of ether oxygens (including phenoxy) is 2. The Morgan fingerprint density at radius 2 is 1.70 bits per heavy atom. The van der Waals surface area contributed by atoms with Crippen LogP contribution in [0.1, 0.15) is 29.6 Å². The molecule has 1 aromatic rings. The quantitative estimate of drug-likeness (QED) is 0.314. The van der Waals surface area contributed by atoms with Crippen LogP contribution < -0.4 is 4.74 Å². The summed E-state index contributed by atoms with van der Waals surface area (Å²) in [6, 6.07) is 6.66. The molecule has 0 aromatic heterocycles. The Morgan fingerprint density at radius 1 is 1.07 bits per heavy atom. The molecular formula is C20H21NO6. The van der Waals surface area contributed by atoms with E-state index in [1.165, 1.54) is 7.11 Å². The number of hydrogen-bond acceptors (Lipinski definition) is 6. The maximum atomic E-state index is 12.3. The van der Waals surface area contributed by atoms with Crippen molar-refractivity contribution in [2.75, 3.05) is 20.3 Å². The number of para-hydroxylation sites is 1. The lowest BCUT2D eigenvalue weighted by Crippen LogP contribution is -2.33. The number of rotatable bonds is 7. The molecule has 0 saturated carbocycles. The maximum absolute atomic E-state index is 12.3. The number of carbonyl (C=O) groups excluding carboxylic acids is 4. The third-order valence-electron chi connectivity index (χ3n) is 4.91. The minimum Gasteiger partial charge on any atom is -0.496 e. The van der Waals surface area contributed by atoms with Crippen molar-refractivity contribution < 1.29 is 28.7 Å². The van der Waals surface area contributed by atoms with Crippen LogP contribution >= 0.6 is 0 Å². The van der Waals surface area contributed by atoms with E-state index in [9.17, 15) is 19.2 Å². The second-order valence-corrected chi connectivity index (χ2v) is 6.52. The van der Waals surface area contributed by atoms with Gasteiger partial charge in [0.1, 0.15) is 5.75 Å². The Kier molecular flexibility index (Phi) is 5.69. The number of esters is 1. The number of hydrogen-bond donors (Lipinski definition) is 0. The van der Waals surface area contributed by atoms with E-state index in [2.05, 4.69) is 0 Å². The highest BCUT2D eigenvalue weighted by Crippen LogP contribution is 2.35. The number of benzene rings is 1. The predicted molar refractivity (Wildman–Crippen MR) is 95.0 cm³/mol. The molecule has 0 N–H and O–H groups in total. The minimum atomic E-state index is -0.633. The zero-order chi connectivity index (χ0) is 19.4. The molecule has 0 bridgehead atoms. The molecule has 1 heterocycles. The van der Waals surface area contributed by atoms with E-state index >= 15 is 0 Å². The Bertz CT molecular complexity index is 773. The molecule has 27 heavy (non-hydrogen) atoms. The molecule has 2 amide bonds. The number of fused-ring (bicyclic) bond motifs is 1. The molecule has 1 aliphatic carbocycles. The maximum Gasteiger partial charge on any atom is 0.308 e. The first-order valence-electron chi connectivity index (χ1n) is 8.85. The van der Waals surface area contributed by atoms with Gasteiger partial charge in [-0.25, -0.2) is 0 Å². The van der Waals surface area contributed by atoms with Gasteiger partial charge in [-0.2, -0.15) is 0 Å². The number of carbonyl (C=O) groups is 4. The van der Waals surface area contributed by atoms with Crippen LogP contribution in [0.3, 0.4) is 0 Å². The summed E-state index contributed by atoms with van der Waals surface area (Å²) >= 11 is 0. The fraction of sp³-hybridized carbons (Fsp3) is 0.400. The van der Waals surface area contributed by atoms with Crippen LogP contribution in [0.2, 0.25) is 0 Å². The number of Topliss-reactive ketones (excluding diaryl/α,β-unsaturated/α-hetero) is 1. The summed E-state index contributed by atoms with van der Waals surface area (Å²) in [6.45, 7) is -0.442. The summed E-state index contributed by atoms with van der Waals surface area (Å²) in [6.07, 6.45) is 4.80. The molecule has 1 aromatic carbocycles. The molecule has 1 aliphatic heterocycles. The van der Waals surface area contributed by atoms with Gasteiger partial charge in [-0.1, -0.05) is 24.3 Å². The molecule has 1 saturated heterocycles. The number of ketones is 1. The predicted octanol–water partition coefficient (Wildman–Crippen LogP) is 1.76. The van der Waals surface area contributed by atoms with E-state index in [1.807, 2.05) is 12.2 Å². The summed E-state index contributed by atoms with van der Waals surface area (Å²) in [7, 11) is 1.45. The lowest BCUT2D eigenvalue weighted by molar-refractivity contribution is -0.145. The molecule has 0 unspecified atom stereocenters. The van der Waals surface area contributed by atoms with Gasteiger partial charge >= 0.3 is 5.97 Å². The molecule has 3 rings (SSSR count). The Balaban J connectivity index is 1.49. The van der Waals surface area contributed by atoms with Crippen molar-refractivity contribution in [2.24, 2.45) is 11.8 Å². The van der Waals surface area contributed by atoms with E-state index in [0.717, 1.165) is 4.90 Å². The van der Waals surface area contributed by atoms with Crippen molar-refractivity contribution >= 4 is 23.6 Å². The fourth-order valence-corrected chi connectivity index (χ4v) is 3.46. The second-order valence-electron chi connectivity index (χ2n) is 6.52. The summed E-state index contributed by atoms with van der Waals surface area (Å²) in [5.74, 6) is -1.70. The van der Waals surface area contributed by atoms with Gasteiger partial charge in [0.05, 0.1) is 30.9 Å². The van der Waals surface area contributed by atoms with Crippen molar-refractivity contribution in [1.82, 2.24) is 4.90 Å². The van der Waals surface area contributed by atoms with Crippen LogP contribution in [0.25, 0.3) is 0 Å². The highest BCUT2D eigenvalue weighted by atomic mass is 16.5. The first-order chi connectivity index (χ1) is 13.0. The van der Waals surface area contributed by atoms with Crippen molar-refractivity contribution in [2.45, 2.75) is 19.3 Å². The number of likely N-dealkylation sites (tertiary alicyclic amines) is 1. The molecule has 142 valence electrons. The number of methoxy groups -OCH3 is 1. The number of nitrogens with zero attached hydrogens (tertiary/aromatic N) is 1. The van der Waals surface area contributed by atoms with Gasteiger partial charge in [0, 0.05) is 6.54 Å². The SMILES string of the molecule is COc1ccccc1C(=O)COC(=O)CCN1C(=O)[C@@H]2CC=CC[C@H]2C1=O. The molecule has 0 radical (unpaired) electrons. The van der Waals surface area contributed by atoms with Gasteiger partial charge in [0.15, 0.2) is 6.61 Å². The van der Waals surface area contributed by atoms with Gasteiger partial charge < -0.3 is 9.47 Å². The van der Waals surface area contributed by atoms with Crippen LogP contribution in [0, 0.1) is 11.8 Å². The summed E-state index contributed by atoms with van der Waals surface area (Å²) < 4.78 is 10.1. The molecule has 0 spiro atoms. The number of amides is 2. The van der Waals surface area contributed by atoms with Crippen LogP contribution in [0.4, 0.5) is 0 Å². The van der Waals surface area contributed by atoms with Gasteiger partial charge in [0.2, 0.25) is 17.6 Å². The van der Waals surface area contributed by atoms with Gasteiger partial charge in [-0.15, -0.1) is 0 Å². The fourth-order valence-electron chi connectivity index (χ4n) is 3.46. The Morgan fingerprint density at radius 3 is 2.33 bits per heavy atom. The molecule has 1 fully saturated rings. The third kappa shape index (κ3) is 3.92. The van der Waals surface area contributed by atoms with Crippen molar-refractivity contribution in [3.63, 3.8) is 0 Å². The summed E-state index contributed by atoms with van der Waals surface area (Å²) in [5.41, 5.74) is 0.328. The molecular weight excluding hydrogens is 350 g/mol. The van der Waals surface area contributed by atoms with E-state index in [1.54, 1.807) is 24.3 Å². The smallest absolute Gasteiger partial charge is 0.308 e. The van der Waals surface area contributed by atoms with E-state index < -0.39 is 12.6 Å². The molecule has 7 nitrogen and oxygen atoms in total. The third-order valence-corrected chi connectivity index (χ3v) is 4.91. The Hall–Kier alpha value is -2.96. The zero-order valence-corrected chi connectivity index (χ0v) is 15.1.